The number of rotatable bonds is 3. The second-order valence-corrected chi connectivity index (χ2v) is 5.07. The van der Waals surface area contributed by atoms with Crippen molar-refractivity contribution in [2.75, 3.05) is 5.32 Å². The minimum atomic E-state index is -1.20. The maximum absolute atomic E-state index is 13.2. The lowest BCUT2D eigenvalue weighted by molar-refractivity contribution is 0.0696. The number of hydrogen-bond donors (Lipinski definition) is 3. The lowest BCUT2D eigenvalue weighted by Crippen LogP contribution is -2.13. The van der Waals surface area contributed by atoms with Crippen LogP contribution in [0.15, 0.2) is 40.9 Å². The summed E-state index contributed by atoms with van der Waals surface area (Å²) < 4.78 is 13.6. The van der Waals surface area contributed by atoms with Gasteiger partial charge in [-0.05, 0) is 36.4 Å². The van der Waals surface area contributed by atoms with E-state index in [4.69, 9.17) is 5.11 Å². The Morgan fingerprint density at radius 2 is 1.81 bits per heavy atom. The number of nitrogens with one attached hydrogen (secondary N) is 1. The fraction of sp³-hybridized carbons (Fsp3) is 0. The Morgan fingerprint density at radius 1 is 1.10 bits per heavy atom. The molecule has 0 unspecified atom stereocenters. The molecule has 0 aromatic heterocycles. The molecule has 1 amide bonds. The largest absolute Gasteiger partial charge is 0.506 e. The number of aromatic hydroxyl groups is 1. The smallest absolute Gasteiger partial charge is 0.335 e. The van der Waals surface area contributed by atoms with E-state index in [-0.39, 0.29) is 22.6 Å². The number of carboxylic acids is 1. The zero-order valence-electron chi connectivity index (χ0n) is 10.4. The summed E-state index contributed by atoms with van der Waals surface area (Å²) >= 11 is 3.06. The maximum Gasteiger partial charge on any atom is 0.335 e. The van der Waals surface area contributed by atoms with E-state index < -0.39 is 17.7 Å². The average Bonchev–Trinajstić information content (AvgIpc) is 2.39. The zero-order valence-corrected chi connectivity index (χ0v) is 12.0. The molecule has 2 aromatic rings. The lowest BCUT2D eigenvalue weighted by Gasteiger charge is -2.08. The van der Waals surface area contributed by atoms with Gasteiger partial charge in [-0.3, -0.25) is 4.79 Å². The van der Waals surface area contributed by atoms with E-state index in [2.05, 4.69) is 21.2 Å². The van der Waals surface area contributed by atoms with E-state index in [1.807, 2.05) is 0 Å². The van der Waals surface area contributed by atoms with Crippen LogP contribution in [0.25, 0.3) is 0 Å². The van der Waals surface area contributed by atoms with Gasteiger partial charge < -0.3 is 15.5 Å². The van der Waals surface area contributed by atoms with Crippen molar-refractivity contribution >= 4 is 33.5 Å². The molecule has 2 rings (SSSR count). The summed E-state index contributed by atoms with van der Waals surface area (Å²) in [6.45, 7) is 0. The summed E-state index contributed by atoms with van der Waals surface area (Å²) in [4.78, 5) is 22.9. The van der Waals surface area contributed by atoms with Crippen LogP contribution in [-0.4, -0.2) is 22.1 Å². The van der Waals surface area contributed by atoms with E-state index in [0.717, 1.165) is 18.2 Å². The van der Waals surface area contributed by atoms with Crippen molar-refractivity contribution in [3.05, 3.63) is 57.8 Å². The van der Waals surface area contributed by atoms with E-state index in [1.54, 1.807) is 0 Å². The molecule has 3 N–H and O–H groups in total. The summed E-state index contributed by atoms with van der Waals surface area (Å²) in [7, 11) is 0. The van der Waals surface area contributed by atoms with E-state index in [1.165, 1.54) is 18.2 Å². The van der Waals surface area contributed by atoms with E-state index in [0.29, 0.717) is 4.47 Å². The number of phenols is 1. The molecule has 0 saturated carbocycles. The molecule has 2 aromatic carbocycles. The number of amides is 1. The number of anilines is 1. The van der Waals surface area contributed by atoms with Gasteiger partial charge in [0.15, 0.2) is 0 Å². The molecule has 0 saturated heterocycles. The van der Waals surface area contributed by atoms with Gasteiger partial charge in [-0.25, -0.2) is 9.18 Å². The van der Waals surface area contributed by atoms with Crippen LogP contribution in [0.1, 0.15) is 20.7 Å². The number of aromatic carboxylic acids is 1. The summed E-state index contributed by atoms with van der Waals surface area (Å²) in [6, 6.07) is 7.09. The summed E-state index contributed by atoms with van der Waals surface area (Å²) in [5, 5.41) is 20.8. The lowest BCUT2D eigenvalue weighted by atomic mass is 10.1. The molecule has 0 radical (unpaired) electrons. The predicted octanol–water partition coefficient (Wildman–Crippen LogP) is 3.24. The third-order valence-electron chi connectivity index (χ3n) is 2.62. The molecular weight excluding hydrogens is 345 g/mol. The first-order valence-corrected chi connectivity index (χ1v) is 6.50. The van der Waals surface area contributed by atoms with Crippen molar-refractivity contribution in [1.29, 1.82) is 0 Å². The first kappa shape index (κ1) is 15.0. The highest BCUT2D eigenvalue weighted by Crippen LogP contribution is 2.25. The molecule has 108 valence electrons. The second kappa shape index (κ2) is 5.92. The van der Waals surface area contributed by atoms with Gasteiger partial charge in [0.25, 0.3) is 5.91 Å². The molecule has 5 nitrogen and oxygen atoms in total. The normalized spacial score (nSPS) is 10.2. The SMILES string of the molecule is O=C(O)c1ccc(O)c(NC(=O)c2cc(F)cc(Br)c2)c1. The van der Waals surface area contributed by atoms with Crippen molar-refractivity contribution in [1.82, 2.24) is 0 Å². The molecule has 0 aliphatic rings. The molecule has 0 aliphatic carbocycles. The monoisotopic (exact) mass is 353 g/mol. The third-order valence-corrected chi connectivity index (χ3v) is 3.07. The third kappa shape index (κ3) is 3.57. The second-order valence-electron chi connectivity index (χ2n) is 4.15. The Morgan fingerprint density at radius 3 is 2.43 bits per heavy atom. The standard InChI is InChI=1S/C14H9BrFNO4/c15-9-3-8(4-10(16)6-9)13(19)17-11-5-7(14(20)21)1-2-12(11)18/h1-6,18H,(H,17,19)(H,20,21). The van der Waals surface area contributed by atoms with Crippen LogP contribution < -0.4 is 5.32 Å². The van der Waals surface area contributed by atoms with Gasteiger partial charge in [-0.1, -0.05) is 15.9 Å². The Labute approximate surface area is 127 Å². The van der Waals surface area contributed by atoms with Crippen LogP contribution >= 0.6 is 15.9 Å². The van der Waals surface area contributed by atoms with Crippen molar-refractivity contribution in [2.45, 2.75) is 0 Å². The van der Waals surface area contributed by atoms with Crippen LogP contribution in [0.5, 0.6) is 5.75 Å². The number of carbonyl (C=O) groups is 2. The number of carboxylic acid groups (broad SMARTS) is 1. The molecule has 0 spiro atoms. The molecule has 0 atom stereocenters. The molecule has 0 fully saturated rings. The van der Waals surface area contributed by atoms with Gasteiger partial charge in [-0.2, -0.15) is 0 Å². The number of carbonyl (C=O) groups excluding carboxylic acids is 1. The Kier molecular flexibility index (Phi) is 4.23. The minimum absolute atomic E-state index is 0.0296. The first-order chi connectivity index (χ1) is 9.86. The quantitative estimate of drug-likeness (QED) is 0.739. The Balaban J connectivity index is 2.31. The number of benzene rings is 2. The highest BCUT2D eigenvalue weighted by Gasteiger charge is 2.13. The molecule has 0 heterocycles. The molecule has 0 aliphatic heterocycles. The van der Waals surface area contributed by atoms with Crippen molar-refractivity contribution in [3.8, 4) is 5.75 Å². The van der Waals surface area contributed by atoms with Crippen LogP contribution in [0.4, 0.5) is 10.1 Å². The van der Waals surface area contributed by atoms with E-state index >= 15 is 0 Å². The summed E-state index contributed by atoms with van der Waals surface area (Å²) in [5.41, 5.74) is -0.134. The van der Waals surface area contributed by atoms with Crippen molar-refractivity contribution < 1.29 is 24.2 Å². The van der Waals surface area contributed by atoms with Gasteiger partial charge in [0.2, 0.25) is 0 Å². The van der Waals surface area contributed by atoms with Crippen LogP contribution in [-0.2, 0) is 0 Å². The van der Waals surface area contributed by atoms with Crippen molar-refractivity contribution in [3.63, 3.8) is 0 Å². The zero-order chi connectivity index (χ0) is 15.6. The highest BCUT2D eigenvalue weighted by atomic mass is 79.9. The minimum Gasteiger partial charge on any atom is -0.506 e. The summed E-state index contributed by atoms with van der Waals surface area (Å²) in [6.07, 6.45) is 0. The fourth-order valence-electron chi connectivity index (χ4n) is 1.65. The number of hydrogen-bond acceptors (Lipinski definition) is 3. The molecule has 21 heavy (non-hydrogen) atoms. The number of phenolic OH excluding ortho intramolecular Hbond substituents is 1. The topological polar surface area (TPSA) is 86.6 Å². The Bertz CT molecular complexity index is 713. The molecule has 0 bridgehead atoms. The van der Waals surface area contributed by atoms with Gasteiger partial charge in [0.05, 0.1) is 11.3 Å². The molecular formula is C14H9BrFNO4. The maximum atomic E-state index is 13.2. The average molecular weight is 354 g/mol. The van der Waals surface area contributed by atoms with Gasteiger partial charge in [0.1, 0.15) is 11.6 Å². The van der Waals surface area contributed by atoms with Gasteiger partial charge in [0, 0.05) is 10.0 Å². The first-order valence-electron chi connectivity index (χ1n) is 5.70. The Hall–Kier alpha value is -2.41. The van der Waals surface area contributed by atoms with Gasteiger partial charge in [-0.15, -0.1) is 0 Å². The molecule has 7 heteroatoms. The van der Waals surface area contributed by atoms with Crippen LogP contribution in [0.2, 0.25) is 0 Å². The number of halogens is 2. The fourth-order valence-corrected chi connectivity index (χ4v) is 2.11. The summed E-state index contributed by atoms with van der Waals surface area (Å²) in [5.74, 6) is -2.76. The van der Waals surface area contributed by atoms with Crippen molar-refractivity contribution in [2.24, 2.45) is 0 Å². The highest BCUT2D eigenvalue weighted by molar-refractivity contribution is 9.10. The van der Waals surface area contributed by atoms with Crippen LogP contribution in [0, 0.1) is 5.82 Å². The van der Waals surface area contributed by atoms with E-state index in [9.17, 15) is 19.1 Å². The predicted molar refractivity (Wildman–Crippen MR) is 77.1 cm³/mol. The van der Waals surface area contributed by atoms with Crippen LogP contribution in [0.3, 0.4) is 0 Å². The van der Waals surface area contributed by atoms with Gasteiger partial charge >= 0.3 is 5.97 Å².